The van der Waals surface area contributed by atoms with Gasteiger partial charge in [0.05, 0.1) is 25.5 Å². The van der Waals surface area contributed by atoms with Gasteiger partial charge in [-0.3, -0.25) is 9.59 Å². The molecule has 124 valence electrons. The van der Waals surface area contributed by atoms with Gasteiger partial charge in [-0.1, -0.05) is 12.1 Å². The van der Waals surface area contributed by atoms with Crippen LogP contribution in [0.25, 0.3) is 0 Å². The summed E-state index contributed by atoms with van der Waals surface area (Å²) in [6, 6.07) is 6.54. The summed E-state index contributed by atoms with van der Waals surface area (Å²) in [5.74, 6) is -1.42. The fourth-order valence-corrected chi connectivity index (χ4v) is 1.58. The number of carbonyl (C=O) groups is 3. The van der Waals surface area contributed by atoms with Crippen LogP contribution in [0, 0.1) is 0 Å². The molecular formula is C15H19N3O5. The molecule has 0 saturated heterocycles. The first-order valence-electron chi connectivity index (χ1n) is 6.82. The number of amides is 2. The smallest absolute Gasteiger partial charge is 0.337 e. The molecule has 8 nitrogen and oxygen atoms in total. The second kappa shape index (κ2) is 10.1. The van der Waals surface area contributed by atoms with E-state index in [1.807, 2.05) is 0 Å². The predicted molar refractivity (Wildman–Crippen MR) is 83.0 cm³/mol. The van der Waals surface area contributed by atoms with E-state index in [1.165, 1.54) is 20.4 Å². The summed E-state index contributed by atoms with van der Waals surface area (Å²) in [4.78, 5) is 34.3. The maximum absolute atomic E-state index is 11.5. The van der Waals surface area contributed by atoms with E-state index in [9.17, 15) is 14.4 Å². The maximum Gasteiger partial charge on any atom is 0.337 e. The molecule has 23 heavy (non-hydrogen) atoms. The highest BCUT2D eigenvalue weighted by molar-refractivity contribution is 5.97. The van der Waals surface area contributed by atoms with Gasteiger partial charge in [0.25, 0.3) is 0 Å². The molecule has 0 spiro atoms. The largest absolute Gasteiger partial charge is 0.465 e. The second-order valence-corrected chi connectivity index (χ2v) is 4.43. The molecule has 0 saturated carbocycles. The molecule has 0 aliphatic rings. The van der Waals surface area contributed by atoms with Crippen molar-refractivity contribution in [1.29, 1.82) is 0 Å². The Bertz CT molecular complexity index is 586. The zero-order valence-electron chi connectivity index (χ0n) is 13.0. The Morgan fingerprint density at radius 3 is 2.70 bits per heavy atom. The lowest BCUT2D eigenvalue weighted by Crippen LogP contribution is -2.31. The van der Waals surface area contributed by atoms with Crippen molar-refractivity contribution in [3.8, 4) is 0 Å². The van der Waals surface area contributed by atoms with Crippen molar-refractivity contribution in [3.05, 3.63) is 35.4 Å². The topological polar surface area (TPSA) is 106 Å². The number of methoxy groups -OCH3 is 2. The van der Waals surface area contributed by atoms with E-state index in [2.05, 4.69) is 20.6 Å². The van der Waals surface area contributed by atoms with Gasteiger partial charge in [0.2, 0.25) is 11.8 Å². The molecule has 1 aromatic rings. The van der Waals surface area contributed by atoms with Gasteiger partial charge in [-0.2, -0.15) is 5.10 Å². The molecule has 0 unspecified atom stereocenters. The second-order valence-electron chi connectivity index (χ2n) is 4.43. The maximum atomic E-state index is 11.5. The molecule has 2 amide bonds. The van der Waals surface area contributed by atoms with Crippen LogP contribution in [0.5, 0.6) is 0 Å². The summed E-state index contributed by atoms with van der Waals surface area (Å²) < 4.78 is 9.39. The van der Waals surface area contributed by atoms with Crippen molar-refractivity contribution in [3.63, 3.8) is 0 Å². The molecule has 0 heterocycles. The molecule has 0 aliphatic heterocycles. The molecule has 0 aromatic heterocycles. The average molecular weight is 321 g/mol. The number of rotatable bonds is 8. The third-order valence-corrected chi connectivity index (χ3v) is 2.66. The molecular weight excluding hydrogens is 302 g/mol. The number of nitrogens with one attached hydrogen (secondary N) is 2. The normalized spacial score (nSPS) is 10.3. The lowest BCUT2D eigenvalue weighted by molar-refractivity contribution is -0.129. The van der Waals surface area contributed by atoms with Crippen LogP contribution >= 0.6 is 0 Å². The number of nitrogens with zero attached hydrogens (tertiary/aromatic N) is 1. The van der Waals surface area contributed by atoms with Gasteiger partial charge < -0.3 is 14.8 Å². The van der Waals surface area contributed by atoms with Crippen molar-refractivity contribution < 1.29 is 23.9 Å². The molecule has 0 radical (unpaired) electrons. The Balaban J connectivity index is 2.45. The fraction of sp³-hybridized carbons (Fsp3) is 0.333. The van der Waals surface area contributed by atoms with E-state index >= 15 is 0 Å². The van der Waals surface area contributed by atoms with Gasteiger partial charge in [-0.15, -0.1) is 0 Å². The molecule has 0 fully saturated rings. The van der Waals surface area contributed by atoms with Crippen LogP contribution in [0.2, 0.25) is 0 Å². The molecule has 0 aliphatic carbocycles. The zero-order valence-corrected chi connectivity index (χ0v) is 13.0. The van der Waals surface area contributed by atoms with Crippen LogP contribution in [0.3, 0.4) is 0 Å². The van der Waals surface area contributed by atoms with Crippen molar-refractivity contribution in [2.24, 2.45) is 5.10 Å². The number of esters is 1. The summed E-state index contributed by atoms with van der Waals surface area (Å²) in [5.41, 5.74) is 3.22. The number of ether oxygens (including phenoxy) is 2. The van der Waals surface area contributed by atoms with Gasteiger partial charge in [0.1, 0.15) is 6.42 Å². The number of hydrazone groups is 1. The molecule has 0 bridgehead atoms. The summed E-state index contributed by atoms with van der Waals surface area (Å²) >= 11 is 0. The van der Waals surface area contributed by atoms with E-state index in [0.29, 0.717) is 24.3 Å². The molecule has 2 N–H and O–H groups in total. The van der Waals surface area contributed by atoms with E-state index in [4.69, 9.17) is 4.74 Å². The quantitative estimate of drug-likeness (QED) is 0.232. The van der Waals surface area contributed by atoms with Gasteiger partial charge in [0.15, 0.2) is 0 Å². The number of carbonyl (C=O) groups excluding carboxylic acids is 3. The zero-order chi connectivity index (χ0) is 17.1. The lowest BCUT2D eigenvalue weighted by atomic mass is 10.1. The van der Waals surface area contributed by atoms with E-state index in [1.54, 1.807) is 24.3 Å². The Kier molecular flexibility index (Phi) is 8.01. The van der Waals surface area contributed by atoms with Crippen molar-refractivity contribution in [1.82, 2.24) is 10.7 Å². The van der Waals surface area contributed by atoms with E-state index in [0.717, 1.165) is 0 Å². The third-order valence-electron chi connectivity index (χ3n) is 2.66. The van der Waals surface area contributed by atoms with Gasteiger partial charge in [0, 0.05) is 13.7 Å². The minimum absolute atomic E-state index is 0.330. The Hall–Kier alpha value is -2.74. The highest BCUT2D eigenvalue weighted by atomic mass is 16.5. The van der Waals surface area contributed by atoms with Crippen LogP contribution in [0.4, 0.5) is 0 Å². The van der Waals surface area contributed by atoms with Crippen molar-refractivity contribution in [2.75, 3.05) is 27.4 Å². The number of hydrogen-bond acceptors (Lipinski definition) is 6. The molecule has 0 atom stereocenters. The minimum atomic E-state index is -0.541. The summed E-state index contributed by atoms with van der Waals surface area (Å²) in [5, 5.41) is 6.26. The van der Waals surface area contributed by atoms with Crippen molar-refractivity contribution in [2.45, 2.75) is 6.42 Å². The Morgan fingerprint density at radius 2 is 2.00 bits per heavy atom. The van der Waals surface area contributed by atoms with Crippen molar-refractivity contribution >= 4 is 24.0 Å². The predicted octanol–water partition coefficient (Wildman–Crippen LogP) is 0.0760. The lowest BCUT2D eigenvalue weighted by Gasteiger charge is -2.03. The summed E-state index contributed by atoms with van der Waals surface area (Å²) in [7, 11) is 2.81. The van der Waals surface area contributed by atoms with Crippen LogP contribution in [0.1, 0.15) is 22.3 Å². The van der Waals surface area contributed by atoms with E-state index < -0.39 is 17.8 Å². The number of hydrogen-bond donors (Lipinski definition) is 2. The monoisotopic (exact) mass is 321 g/mol. The summed E-state index contributed by atoms with van der Waals surface area (Å²) in [6.45, 7) is 0.717. The highest BCUT2D eigenvalue weighted by Crippen LogP contribution is 2.04. The van der Waals surface area contributed by atoms with Crippen LogP contribution < -0.4 is 10.7 Å². The van der Waals surface area contributed by atoms with Gasteiger partial charge in [-0.25, -0.2) is 10.2 Å². The molecule has 1 rings (SSSR count). The molecule has 8 heteroatoms. The highest BCUT2D eigenvalue weighted by Gasteiger charge is 2.08. The fourth-order valence-electron chi connectivity index (χ4n) is 1.58. The van der Waals surface area contributed by atoms with E-state index in [-0.39, 0.29) is 6.42 Å². The van der Waals surface area contributed by atoms with Gasteiger partial charge in [-0.05, 0) is 17.7 Å². The van der Waals surface area contributed by atoms with Crippen LogP contribution in [-0.2, 0) is 19.1 Å². The first-order valence-corrected chi connectivity index (χ1v) is 6.82. The average Bonchev–Trinajstić information content (AvgIpc) is 2.54. The van der Waals surface area contributed by atoms with Crippen LogP contribution in [0.15, 0.2) is 29.4 Å². The van der Waals surface area contributed by atoms with Crippen LogP contribution in [-0.4, -0.2) is 51.4 Å². The molecule has 1 aromatic carbocycles. The summed E-state index contributed by atoms with van der Waals surface area (Å²) in [6.07, 6.45) is 1.04. The van der Waals surface area contributed by atoms with Gasteiger partial charge >= 0.3 is 5.97 Å². The SMILES string of the molecule is COCCNC(=O)CC(=O)NN=Cc1cccc(C(=O)OC)c1. The third kappa shape index (κ3) is 7.18. The Morgan fingerprint density at radius 1 is 1.22 bits per heavy atom. The minimum Gasteiger partial charge on any atom is -0.465 e. The Labute approximate surface area is 133 Å². The first kappa shape index (κ1) is 18.3. The number of benzene rings is 1. The standard InChI is InChI=1S/C15H19N3O5/c1-22-7-6-16-13(19)9-14(20)18-17-10-11-4-3-5-12(8-11)15(21)23-2/h3-5,8,10H,6-7,9H2,1-2H3,(H,16,19)(H,18,20). The first-order chi connectivity index (χ1) is 11.1.